The van der Waals surface area contributed by atoms with E-state index in [1.54, 1.807) is 30.2 Å². The van der Waals surface area contributed by atoms with E-state index in [1.807, 2.05) is 43.3 Å². The van der Waals surface area contributed by atoms with Gasteiger partial charge in [0, 0.05) is 28.7 Å². The summed E-state index contributed by atoms with van der Waals surface area (Å²) in [5.41, 5.74) is 5.03. The molecule has 2 N–H and O–H groups in total. The van der Waals surface area contributed by atoms with Gasteiger partial charge in [-0.25, -0.2) is 9.18 Å². The number of ether oxygens (including phenoxy) is 1. The summed E-state index contributed by atoms with van der Waals surface area (Å²) in [6.07, 6.45) is 0.683. The minimum absolute atomic E-state index is 0.300. The first-order valence-corrected chi connectivity index (χ1v) is 10.6. The summed E-state index contributed by atoms with van der Waals surface area (Å²) >= 11 is 0. The highest BCUT2D eigenvalue weighted by molar-refractivity contribution is 5.93. The van der Waals surface area contributed by atoms with Gasteiger partial charge in [0.05, 0.1) is 12.8 Å². The van der Waals surface area contributed by atoms with Crippen LogP contribution in [-0.2, 0) is 6.42 Å². The summed E-state index contributed by atoms with van der Waals surface area (Å²) in [5, 5.41) is 4.10. The van der Waals surface area contributed by atoms with Gasteiger partial charge in [-0.1, -0.05) is 42.5 Å². The van der Waals surface area contributed by atoms with Crippen molar-refractivity contribution in [3.8, 4) is 5.75 Å². The standard InChI is InChI=1S/C26H24FN3O2/c1-16-11-12-23(32-2)22(15-16)29-26(31)30-14-13-18-17-7-4-6-10-21(17)28-24(18)25(30)19-8-3-5-9-20(19)27/h3-12,15,25,28H,13-14H2,1-2H3,(H,29,31)/t25-/m1/s1. The minimum atomic E-state index is -0.567. The van der Waals surface area contributed by atoms with Crippen LogP contribution in [0.2, 0.25) is 0 Å². The Morgan fingerprint density at radius 3 is 2.72 bits per heavy atom. The Balaban J connectivity index is 1.59. The van der Waals surface area contributed by atoms with E-state index in [-0.39, 0.29) is 11.8 Å². The molecule has 2 heterocycles. The second-order valence-corrected chi connectivity index (χ2v) is 8.06. The van der Waals surface area contributed by atoms with Crippen LogP contribution in [0.25, 0.3) is 10.9 Å². The summed E-state index contributed by atoms with van der Waals surface area (Å²) in [7, 11) is 1.57. The van der Waals surface area contributed by atoms with E-state index in [2.05, 4.69) is 16.4 Å². The first-order valence-electron chi connectivity index (χ1n) is 10.6. The molecule has 3 aromatic carbocycles. The number of hydrogen-bond donors (Lipinski definition) is 2. The summed E-state index contributed by atoms with van der Waals surface area (Å²) in [6, 6.07) is 19.4. The summed E-state index contributed by atoms with van der Waals surface area (Å²) in [5.74, 6) is 0.240. The van der Waals surface area contributed by atoms with E-state index < -0.39 is 6.04 Å². The molecule has 5 rings (SSSR count). The van der Waals surface area contributed by atoms with Gasteiger partial charge in [-0.15, -0.1) is 0 Å². The maximum atomic E-state index is 15.0. The number of H-pyrrole nitrogens is 1. The third-order valence-corrected chi connectivity index (χ3v) is 6.09. The maximum Gasteiger partial charge on any atom is 0.322 e. The normalized spacial score (nSPS) is 15.5. The molecule has 2 amide bonds. The molecule has 1 aliphatic rings. The summed E-state index contributed by atoms with van der Waals surface area (Å²) < 4.78 is 20.4. The lowest BCUT2D eigenvalue weighted by molar-refractivity contribution is 0.191. The van der Waals surface area contributed by atoms with Crippen LogP contribution in [0, 0.1) is 12.7 Å². The quantitative estimate of drug-likeness (QED) is 0.432. The topological polar surface area (TPSA) is 57.4 Å². The molecule has 0 bridgehead atoms. The maximum absolute atomic E-state index is 15.0. The van der Waals surface area contributed by atoms with Crippen LogP contribution >= 0.6 is 0 Å². The van der Waals surface area contributed by atoms with Crippen LogP contribution in [0.15, 0.2) is 66.7 Å². The number of halogens is 1. The molecule has 1 aliphatic heterocycles. The van der Waals surface area contributed by atoms with Gasteiger partial charge in [-0.3, -0.25) is 0 Å². The Morgan fingerprint density at radius 2 is 1.91 bits per heavy atom. The van der Waals surface area contributed by atoms with Crippen molar-refractivity contribution in [2.45, 2.75) is 19.4 Å². The van der Waals surface area contributed by atoms with Gasteiger partial charge in [0.2, 0.25) is 0 Å². The Bertz CT molecular complexity index is 1310. The molecule has 0 aliphatic carbocycles. The van der Waals surface area contributed by atoms with Crippen molar-refractivity contribution in [3.63, 3.8) is 0 Å². The second-order valence-electron chi connectivity index (χ2n) is 8.06. The third-order valence-electron chi connectivity index (χ3n) is 6.09. The number of nitrogens with zero attached hydrogens (tertiary/aromatic N) is 1. The van der Waals surface area contributed by atoms with Crippen LogP contribution in [0.1, 0.15) is 28.4 Å². The monoisotopic (exact) mass is 429 g/mol. The zero-order chi connectivity index (χ0) is 22.2. The first kappa shape index (κ1) is 20.1. The average Bonchev–Trinajstić information content (AvgIpc) is 3.18. The number of hydrogen-bond acceptors (Lipinski definition) is 2. The van der Waals surface area contributed by atoms with Gasteiger partial charge in [0.1, 0.15) is 17.6 Å². The highest BCUT2D eigenvalue weighted by Crippen LogP contribution is 2.39. The lowest BCUT2D eigenvalue weighted by Gasteiger charge is -2.36. The number of carbonyl (C=O) groups excluding carboxylic acids is 1. The smallest absolute Gasteiger partial charge is 0.322 e. The number of aryl methyl sites for hydroxylation is 1. The van der Waals surface area contributed by atoms with Gasteiger partial charge < -0.3 is 19.9 Å². The molecule has 0 saturated heterocycles. The van der Waals surface area contributed by atoms with Crippen molar-refractivity contribution in [3.05, 3.63) is 94.9 Å². The van der Waals surface area contributed by atoms with Crippen molar-refractivity contribution < 1.29 is 13.9 Å². The molecule has 6 heteroatoms. The molecule has 0 saturated carbocycles. The van der Waals surface area contributed by atoms with Crippen molar-refractivity contribution in [1.82, 2.24) is 9.88 Å². The van der Waals surface area contributed by atoms with Crippen LogP contribution in [0.3, 0.4) is 0 Å². The fourth-order valence-electron chi connectivity index (χ4n) is 4.59. The van der Waals surface area contributed by atoms with Gasteiger partial charge >= 0.3 is 6.03 Å². The summed E-state index contributed by atoms with van der Waals surface area (Å²) in [4.78, 5) is 18.6. The molecule has 0 radical (unpaired) electrons. The van der Waals surface area contributed by atoms with Crippen molar-refractivity contribution in [1.29, 1.82) is 0 Å². The molecule has 1 aromatic heterocycles. The summed E-state index contributed by atoms with van der Waals surface area (Å²) in [6.45, 7) is 2.42. The van der Waals surface area contributed by atoms with Crippen molar-refractivity contribution >= 4 is 22.6 Å². The largest absolute Gasteiger partial charge is 0.495 e. The Kier molecular flexibility index (Phi) is 5.05. The molecule has 32 heavy (non-hydrogen) atoms. The number of amides is 2. The van der Waals surface area contributed by atoms with Gasteiger partial charge in [0.15, 0.2) is 0 Å². The van der Waals surface area contributed by atoms with Gasteiger partial charge in [-0.2, -0.15) is 0 Å². The zero-order valence-corrected chi connectivity index (χ0v) is 18.0. The van der Waals surface area contributed by atoms with Crippen molar-refractivity contribution in [2.75, 3.05) is 19.0 Å². The molecule has 162 valence electrons. The molecule has 0 spiro atoms. The lowest BCUT2D eigenvalue weighted by atomic mass is 9.92. The molecule has 0 fully saturated rings. The zero-order valence-electron chi connectivity index (χ0n) is 18.0. The van der Waals surface area contributed by atoms with E-state index >= 15 is 0 Å². The number of para-hydroxylation sites is 1. The third kappa shape index (κ3) is 3.38. The molecule has 5 nitrogen and oxygen atoms in total. The molecule has 1 atom stereocenters. The van der Waals surface area contributed by atoms with E-state index in [0.717, 1.165) is 27.7 Å². The SMILES string of the molecule is COc1ccc(C)cc1NC(=O)N1CCc2c([nH]c3ccccc23)[C@H]1c1ccccc1F. The van der Waals surface area contributed by atoms with Crippen molar-refractivity contribution in [2.24, 2.45) is 0 Å². The van der Waals surface area contributed by atoms with Crippen LogP contribution in [0.5, 0.6) is 5.75 Å². The number of nitrogens with one attached hydrogen (secondary N) is 2. The Labute approximate surface area is 185 Å². The molecule has 4 aromatic rings. The fraction of sp³-hybridized carbons (Fsp3) is 0.192. The number of rotatable bonds is 3. The highest BCUT2D eigenvalue weighted by Gasteiger charge is 2.36. The van der Waals surface area contributed by atoms with Gasteiger partial charge in [0.25, 0.3) is 0 Å². The second kappa shape index (κ2) is 8.04. The fourth-order valence-corrected chi connectivity index (χ4v) is 4.59. The number of aromatic amines is 1. The molecule has 0 unspecified atom stereocenters. The highest BCUT2D eigenvalue weighted by atomic mass is 19.1. The number of benzene rings is 3. The minimum Gasteiger partial charge on any atom is -0.495 e. The first-order chi connectivity index (χ1) is 15.6. The molecular weight excluding hydrogens is 405 g/mol. The van der Waals surface area contributed by atoms with Crippen LogP contribution in [-0.4, -0.2) is 29.6 Å². The number of methoxy groups -OCH3 is 1. The van der Waals surface area contributed by atoms with E-state index in [1.165, 1.54) is 6.07 Å². The average molecular weight is 429 g/mol. The molecular formula is C26H24FN3O2. The number of anilines is 1. The van der Waals surface area contributed by atoms with Crippen LogP contribution < -0.4 is 10.1 Å². The Morgan fingerprint density at radius 1 is 1.12 bits per heavy atom. The van der Waals surface area contributed by atoms with Gasteiger partial charge in [-0.05, 0) is 48.7 Å². The number of fused-ring (bicyclic) bond motifs is 3. The Hall–Kier alpha value is -3.80. The number of carbonyl (C=O) groups is 1. The van der Waals surface area contributed by atoms with E-state index in [9.17, 15) is 9.18 Å². The number of aromatic nitrogens is 1. The predicted molar refractivity (Wildman–Crippen MR) is 124 cm³/mol. The number of urea groups is 1. The van der Waals surface area contributed by atoms with E-state index in [0.29, 0.717) is 30.0 Å². The van der Waals surface area contributed by atoms with Crippen LogP contribution in [0.4, 0.5) is 14.9 Å². The van der Waals surface area contributed by atoms with E-state index in [4.69, 9.17) is 4.74 Å². The predicted octanol–water partition coefficient (Wildman–Crippen LogP) is 5.80. The lowest BCUT2D eigenvalue weighted by Crippen LogP contribution is -2.43.